The average Bonchev–Trinajstić information content (AvgIpc) is 2.61. The van der Waals surface area contributed by atoms with Crippen molar-refractivity contribution in [3.63, 3.8) is 0 Å². The van der Waals surface area contributed by atoms with E-state index in [1.807, 2.05) is 4.68 Å². The fourth-order valence-electron chi connectivity index (χ4n) is 1.96. The van der Waals surface area contributed by atoms with Crippen molar-refractivity contribution in [1.82, 2.24) is 14.7 Å². The highest BCUT2D eigenvalue weighted by Crippen LogP contribution is 2.30. The second-order valence-electron chi connectivity index (χ2n) is 3.98. The van der Waals surface area contributed by atoms with Crippen molar-refractivity contribution in [1.29, 1.82) is 0 Å². The topological polar surface area (TPSA) is 30.3 Å². The van der Waals surface area contributed by atoms with E-state index in [4.69, 9.17) is 4.74 Å². The van der Waals surface area contributed by atoms with Gasteiger partial charge in [-0.1, -0.05) is 0 Å². The van der Waals surface area contributed by atoms with Gasteiger partial charge in [-0.2, -0.15) is 5.10 Å². The Morgan fingerprint density at radius 3 is 2.67 bits per heavy atom. The third-order valence-corrected chi connectivity index (χ3v) is 3.71. The maximum Gasteiger partial charge on any atom is 0.171 e. The van der Waals surface area contributed by atoms with Gasteiger partial charge in [0.2, 0.25) is 0 Å². The Kier molecular flexibility index (Phi) is 3.31. The molecule has 0 bridgehead atoms. The number of nitrogens with zero attached hydrogens (tertiary/aromatic N) is 3. The minimum absolute atomic E-state index is 0.500. The first-order chi connectivity index (χ1) is 7.22. The van der Waals surface area contributed by atoms with Crippen LogP contribution in [-0.2, 0) is 0 Å². The van der Waals surface area contributed by atoms with Crippen LogP contribution in [0.1, 0.15) is 18.9 Å². The van der Waals surface area contributed by atoms with Crippen molar-refractivity contribution in [2.75, 3.05) is 27.2 Å². The van der Waals surface area contributed by atoms with Crippen molar-refractivity contribution in [2.45, 2.75) is 18.9 Å². The molecular formula is C10H16BrN3O. The third-order valence-electron chi connectivity index (χ3n) is 2.96. The van der Waals surface area contributed by atoms with Crippen LogP contribution in [0.15, 0.2) is 10.8 Å². The Hall–Kier alpha value is -0.550. The summed E-state index contributed by atoms with van der Waals surface area (Å²) in [6, 6.07) is 0.500. The molecule has 0 aromatic carbocycles. The lowest BCUT2D eigenvalue weighted by molar-refractivity contribution is 0.210. The molecule has 0 radical (unpaired) electrons. The highest BCUT2D eigenvalue weighted by molar-refractivity contribution is 9.10. The Morgan fingerprint density at radius 1 is 1.47 bits per heavy atom. The molecule has 15 heavy (non-hydrogen) atoms. The largest absolute Gasteiger partial charge is 0.492 e. The van der Waals surface area contributed by atoms with Gasteiger partial charge in [-0.25, -0.2) is 0 Å². The standard InChI is InChI=1S/C10H16BrN3O/c1-13-5-3-8(4-6-13)14-10(11)9(15-2)7-12-14/h7-8H,3-6H2,1-2H3. The van der Waals surface area contributed by atoms with Crippen molar-refractivity contribution >= 4 is 15.9 Å². The first kappa shape index (κ1) is 11.0. The fourth-order valence-corrected chi connectivity index (χ4v) is 2.61. The molecule has 0 N–H and O–H groups in total. The fraction of sp³-hybridized carbons (Fsp3) is 0.700. The molecule has 0 atom stereocenters. The predicted octanol–water partition coefficient (Wildman–Crippen LogP) is 1.92. The van der Waals surface area contributed by atoms with Gasteiger partial charge in [0, 0.05) is 0 Å². The Balaban J connectivity index is 2.12. The van der Waals surface area contributed by atoms with Crippen molar-refractivity contribution in [2.24, 2.45) is 0 Å². The van der Waals surface area contributed by atoms with E-state index < -0.39 is 0 Å². The molecule has 4 nitrogen and oxygen atoms in total. The van der Waals surface area contributed by atoms with Gasteiger partial charge in [0.25, 0.3) is 0 Å². The van der Waals surface area contributed by atoms with E-state index in [1.54, 1.807) is 13.3 Å². The van der Waals surface area contributed by atoms with Crippen LogP contribution in [0.2, 0.25) is 0 Å². The van der Waals surface area contributed by atoms with Crippen LogP contribution < -0.4 is 4.74 Å². The predicted molar refractivity (Wildman–Crippen MR) is 62.2 cm³/mol. The van der Waals surface area contributed by atoms with Crippen LogP contribution in [0.4, 0.5) is 0 Å². The van der Waals surface area contributed by atoms with E-state index in [9.17, 15) is 0 Å². The van der Waals surface area contributed by atoms with Gasteiger partial charge < -0.3 is 9.64 Å². The minimum atomic E-state index is 0.500. The van der Waals surface area contributed by atoms with Crippen molar-refractivity contribution in [3.8, 4) is 5.75 Å². The summed E-state index contributed by atoms with van der Waals surface area (Å²) < 4.78 is 8.19. The summed E-state index contributed by atoms with van der Waals surface area (Å²) in [6.07, 6.45) is 4.07. The van der Waals surface area contributed by atoms with Crippen LogP contribution in [-0.4, -0.2) is 41.9 Å². The molecule has 0 saturated carbocycles. The summed E-state index contributed by atoms with van der Waals surface area (Å²) in [5.41, 5.74) is 0. The van der Waals surface area contributed by atoms with Crippen LogP contribution in [0, 0.1) is 0 Å². The number of ether oxygens (including phenoxy) is 1. The van der Waals surface area contributed by atoms with Gasteiger partial charge in [-0.05, 0) is 48.9 Å². The van der Waals surface area contributed by atoms with Crippen LogP contribution in [0.5, 0.6) is 5.75 Å². The van der Waals surface area contributed by atoms with E-state index in [0.29, 0.717) is 6.04 Å². The van der Waals surface area contributed by atoms with E-state index in [0.717, 1.165) is 36.3 Å². The minimum Gasteiger partial charge on any atom is -0.492 e. The zero-order valence-electron chi connectivity index (χ0n) is 9.11. The summed E-state index contributed by atoms with van der Waals surface area (Å²) in [4.78, 5) is 2.35. The van der Waals surface area contributed by atoms with Gasteiger partial charge in [-0.15, -0.1) is 0 Å². The molecule has 1 saturated heterocycles. The lowest BCUT2D eigenvalue weighted by atomic mass is 10.1. The maximum absolute atomic E-state index is 5.20. The molecule has 1 aliphatic rings. The van der Waals surface area contributed by atoms with E-state index >= 15 is 0 Å². The van der Waals surface area contributed by atoms with Crippen molar-refractivity contribution < 1.29 is 4.74 Å². The third kappa shape index (κ3) is 2.18. The Bertz CT molecular complexity index is 331. The Labute approximate surface area is 98.3 Å². The van der Waals surface area contributed by atoms with Crippen LogP contribution in [0.25, 0.3) is 0 Å². The average molecular weight is 274 g/mol. The molecule has 2 rings (SSSR count). The second-order valence-corrected chi connectivity index (χ2v) is 4.73. The molecule has 1 fully saturated rings. The zero-order valence-corrected chi connectivity index (χ0v) is 10.7. The maximum atomic E-state index is 5.20. The second kappa shape index (κ2) is 4.53. The Morgan fingerprint density at radius 2 is 2.13 bits per heavy atom. The summed E-state index contributed by atoms with van der Waals surface area (Å²) in [6.45, 7) is 2.28. The number of halogens is 1. The molecule has 0 aliphatic carbocycles. The van der Waals surface area contributed by atoms with Gasteiger partial charge in [0.05, 0.1) is 19.3 Å². The normalized spacial score (nSPS) is 19.4. The monoisotopic (exact) mass is 273 g/mol. The number of likely N-dealkylation sites (tertiary alicyclic amines) is 1. The van der Waals surface area contributed by atoms with Crippen LogP contribution >= 0.6 is 15.9 Å². The van der Waals surface area contributed by atoms with Gasteiger partial charge in [-0.3, -0.25) is 4.68 Å². The molecule has 0 spiro atoms. The number of methoxy groups -OCH3 is 1. The lowest BCUT2D eigenvalue weighted by Gasteiger charge is -2.29. The quantitative estimate of drug-likeness (QED) is 0.825. The highest BCUT2D eigenvalue weighted by Gasteiger charge is 2.21. The number of hydrogen-bond donors (Lipinski definition) is 0. The van der Waals surface area contributed by atoms with Gasteiger partial charge in [0.1, 0.15) is 4.60 Å². The van der Waals surface area contributed by atoms with Gasteiger partial charge >= 0.3 is 0 Å². The molecule has 1 aromatic heterocycles. The summed E-state index contributed by atoms with van der Waals surface area (Å²) in [5.74, 6) is 0.814. The lowest BCUT2D eigenvalue weighted by Crippen LogP contribution is -2.31. The molecule has 2 heterocycles. The number of hydrogen-bond acceptors (Lipinski definition) is 3. The smallest absolute Gasteiger partial charge is 0.171 e. The highest BCUT2D eigenvalue weighted by atomic mass is 79.9. The number of rotatable bonds is 2. The summed E-state index contributed by atoms with van der Waals surface area (Å²) in [7, 11) is 3.83. The first-order valence-electron chi connectivity index (χ1n) is 5.18. The molecule has 84 valence electrons. The molecule has 0 unspecified atom stereocenters. The SMILES string of the molecule is COc1cnn(C2CCN(C)CC2)c1Br. The molecule has 1 aliphatic heterocycles. The number of piperidine rings is 1. The molecule has 0 amide bonds. The molecule has 5 heteroatoms. The first-order valence-corrected chi connectivity index (χ1v) is 5.97. The van der Waals surface area contributed by atoms with E-state index in [2.05, 4.69) is 33.0 Å². The number of aromatic nitrogens is 2. The van der Waals surface area contributed by atoms with E-state index in [1.165, 1.54) is 0 Å². The van der Waals surface area contributed by atoms with E-state index in [-0.39, 0.29) is 0 Å². The van der Waals surface area contributed by atoms with Crippen molar-refractivity contribution in [3.05, 3.63) is 10.8 Å². The van der Waals surface area contributed by atoms with Gasteiger partial charge in [0.15, 0.2) is 5.75 Å². The zero-order chi connectivity index (χ0) is 10.8. The van der Waals surface area contributed by atoms with Crippen LogP contribution in [0.3, 0.4) is 0 Å². The molecular weight excluding hydrogens is 258 g/mol. The summed E-state index contributed by atoms with van der Waals surface area (Å²) >= 11 is 3.52. The molecule has 1 aromatic rings. The summed E-state index contributed by atoms with van der Waals surface area (Å²) in [5, 5.41) is 4.36.